The Balaban J connectivity index is 1.56. The SMILES string of the molecule is COC(=O)CSc1nnc2c3sc4nc(-c5ccccc5)c5c(c4c3ncn12)CCC5. The van der Waals surface area contributed by atoms with Crippen LogP contribution in [0.5, 0.6) is 0 Å². The smallest absolute Gasteiger partial charge is 0.316 e. The van der Waals surface area contributed by atoms with Gasteiger partial charge in [0.25, 0.3) is 0 Å². The van der Waals surface area contributed by atoms with Gasteiger partial charge >= 0.3 is 5.97 Å². The van der Waals surface area contributed by atoms with Gasteiger partial charge in [0.1, 0.15) is 15.9 Å². The number of nitrogens with zero attached hydrogens (tertiary/aromatic N) is 5. The maximum absolute atomic E-state index is 11.5. The van der Waals surface area contributed by atoms with E-state index in [2.05, 4.69) is 34.5 Å². The molecule has 7 nitrogen and oxygen atoms in total. The van der Waals surface area contributed by atoms with Crippen LogP contribution in [-0.4, -0.2) is 43.4 Å². The van der Waals surface area contributed by atoms with E-state index in [4.69, 9.17) is 14.7 Å². The van der Waals surface area contributed by atoms with Crippen molar-refractivity contribution in [2.45, 2.75) is 24.4 Å². The number of carbonyl (C=O) groups is 1. The third kappa shape index (κ3) is 2.91. The first-order chi connectivity index (χ1) is 15.2. The summed E-state index contributed by atoms with van der Waals surface area (Å²) in [5.41, 5.74) is 6.63. The number of ether oxygens (including phenoxy) is 1. The molecular formula is C22H17N5O2S2. The van der Waals surface area contributed by atoms with Gasteiger partial charge in [-0.15, -0.1) is 21.5 Å². The predicted octanol–water partition coefficient (Wildman–Crippen LogP) is 4.31. The van der Waals surface area contributed by atoms with Crippen molar-refractivity contribution in [3.05, 3.63) is 47.8 Å². The lowest BCUT2D eigenvalue weighted by molar-refractivity contribution is -0.137. The molecule has 154 valence electrons. The van der Waals surface area contributed by atoms with Gasteiger partial charge < -0.3 is 4.74 Å². The summed E-state index contributed by atoms with van der Waals surface area (Å²) in [4.78, 5) is 22.4. The van der Waals surface area contributed by atoms with Crippen molar-refractivity contribution >= 4 is 55.1 Å². The summed E-state index contributed by atoms with van der Waals surface area (Å²) in [6.07, 6.45) is 4.96. The third-order valence-corrected chi connectivity index (χ3v) is 7.63. The average molecular weight is 448 g/mol. The Kier molecular flexibility index (Phi) is 4.39. The van der Waals surface area contributed by atoms with Gasteiger partial charge in [0, 0.05) is 10.9 Å². The van der Waals surface area contributed by atoms with E-state index < -0.39 is 0 Å². The zero-order chi connectivity index (χ0) is 20.9. The van der Waals surface area contributed by atoms with E-state index in [9.17, 15) is 4.79 Å². The molecule has 9 heteroatoms. The first kappa shape index (κ1) is 18.7. The van der Waals surface area contributed by atoms with Crippen molar-refractivity contribution in [3.63, 3.8) is 0 Å². The number of carbonyl (C=O) groups excluding carboxylic acids is 1. The fourth-order valence-electron chi connectivity index (χ4n) is 4.25. The van der Waals surface area contributed by atoms with Crippen molar-refractivity contribution in [3.8, 4) is 11.3 Å². The minimum Gasteiger partial charge on any atom is -0.468 e. The first-order valence-corrected chi connectivity index (χ1v) is 11.8. The van der Waals surface area contributed by atoms with Gasteiger partial charge in [0.05, 0.1) is 24.1 Å². The number of fused-ring (bicyclic) bond motifs is 7. The molecule has 0 fully saturated rings. The summed E-state index contributed by atoms with van der Waals surface area (Å²) in [5.74, 6) is -0.122. The Bertz CT molecular complexity index is 1480. The van der Waals surface area contributed by atoms with Crippen LogP contribution in [0.15, 0.2) is 41.8 Å². The highest BCUT2D eigenvalue weighted by atomic mass is 32.2. The fraction of sp³-hybridized carbons (Fsp3) is 0.227. The van der Waals surface area contributed by atoms with Crippen LogP contribution >= 0.6 is 23.1 Å². The molecule has 0 N–H and O–H groups in total. The van der Waals surface area contributed by atoms with Crippen LogP contribution in [0.25, 0.3) is 37.3 Å². The lowest BCUT2D eigenvalue weighted by Crippen LogP contribution is -2.03. The fourth-order valence-corrected chi connectivity index (χ4v) is 6.12. The van der Waals surface area contributed by atoms with Gasteiger partial charge in [-0.25, -0.2) is 9.97 Å². The molecule has 0 atom stereocenters. The van der Waals surface area contributed by atoms with E-state index in [1.165, 1.54) is 30.0 Å². The highest BCUT2D eigenvalue weighted by Crippen LogP contribution is 2.42. The van der Waals surface area contributed by atoms with Crippen molar-refractivity contribution in [1.29, 1.82) is 0 Å². The van der Waals surface area contributed by atoms with Crippen molar-refractivity contribution in [2.24, 2.45) is 0 Å². The topological polar surface area (TPSA) is 82.3 Å². The van der Waals surface area contributed by atoms with E-state index in [1.54, 1.807) is 17.7 Å². The van der Waals surface area contributed by atoms with Crippen LogP contribution in [0.3, 0.4) is 0 Å². The molecule has 0 amide bonds. The average Bonchev–Trinajstić information content (AvgIpc) is 3.52. The normalized spacial score (nSPS) is 13.3. The van der Waals surface area contributed by atoms with Crippen molar-refractivity contribution in [2.75, 3.05) is 12.9 Å². The third-order valence-electron chi connectivity index (χ3n) is 5.65. The molecule has 0 saturated heterocycles. The molecule has 1 aliphatic carbocycles. The van der Waals surface area contributed by atoms with Gasteiger partial charge in [-0.05, 0) is 30.4 Å². The van der Waals surface area contributed by atoms with E-state index in [-0.39, 0.29) is 11.7 Å². The van der Waals surface area contributed by atoms with E-state index in [0.29, 0.717) is 5.16 Å². The molecule has 0 aliphatic heterocycles. The molecule has 1 aromatic carbocycles. The molecule has 0 bridgehead atoms. The Morgan fingerprint density at radius 3 is 2.87 bits per heavy atom. The van der Waals surface area contributed by atoms with Crippen LogP contribution in [-0.2, 0) is 22.4 Å². The van der Waals surface area contributed by atoms with Gasteiger partial charge in [-0.3, -0.25) is 9.20 Å². The van der Waals surface area contributed by atoms with Gasteiger partial charge in [0.2, 0.25) is 0 Å². The molecule has 6 rings (SSSR count). The van der Waals surface area contributed by atoms with Gasteiger partial charge in [-0.1, -0.05) is 42.1 Å². The van der Waals surface area contributed by atoms with E-state index in [1.807, 2.05) is 10.5 Å². The highest BCUT2D eigenvalue weighted by Gasteiger charge is 2.25. The second kappa shape index (κ2) is 7.28. The molecule has 0 saturated carbocycles. The number of methoxy groups -OCH3 is 1. The number of benzene rings is 1. The number of rotatable bonds is 4. The molecule has 0 unspecified atom stereocenters. The molecule has 5 aromatic rings. The maximum atomic E-state index is 11.5. The number of hydrogen-bond donors (Lipinski definition) is 0. The predicted molar refractivity (Wildman–Crippen MR) is 122 cm³/mol. The molecular weight excluding hydrogens is 430 g/mol. The molecule has 31 heavy (non-hydrogen) atoms. The number of hydrogen-bond acceptors (Lipinski definition) is 8. The lowest BCUT2D eigenvalue weighted by Gasteiger charge is -2.09. The molecule has 4 aromatic heterocycles. The van der Waals surface area contributed by atoms with Crippen LogP contribution in [0.1, 0.15) is 17.5 Å². The number of aromatic nitrogens is 5. The minimum atomic E-state index is -0.300. The maximum Gasteiger partial charge on any atom is 0.316 e. The number of thiophene rings is 1. The van der Waals surface area contributed by atoms with E-state index in [0.717, 1.165) is 56.6 Å². The van der Waals surface area contributed by atoms with Gasteiger partial charge in [0.15, 0.2) is 10.8 Å². The van der Waals surface area contributed by atoms with Crippen molar-refractivity contribution in [1.82, 2.24) is 24.6 Å². The monoisotopic (exact) mass is 447 g/mol. The van der Waals surface area contributed by atoms with Crippen molar-refractivity contribution < 1.29 is 9.53 Å². The highest BCUT2D eigenvalue weighted by molar-refractivity contribution is 7.99. The second-order valence-electron chi connectivity index (χ2n) is 7.38. The number of thioether (sulfide) groups is 1. The second-order valence-corrected chi connectivity index (χ2v) is 9.32. The number of esters is 1. The quantitative estimate of drug-likeness (QED) is 0.300. The Morgan fingerprint density at radius 1 is 1.19 bits per heavy atom. The van der Waals surface area contributed by atoms with Crippen LogP contribution in [0, 0.1) is 0 Å². The number of pyridine rings is 1. The Morgan fingerprint density at radius 2 is 2.03 bits per heavy atom. The zero-order valence-corrected chi connectivity index (χ0v) is 18.3. The zero-order valence-electron chi connectivity index (χ0n) is 16.7. The van der Waals surface area contributed by atoms with Crippen LogP contribution in [0.4, 0.5) is 0 Å². The molecule has 0 spiro atoms. The summed E-state index contributed by atoms with van der Waals surface area (Å²) in [6.45, 7) is 0. The van der Waals surface area contributed by atoms with E-state index >= 15 is 0 Å². The van der Waals surface area contributed by atoms with Crippen LogP contribution in [0.2, 0.25) is 0 Å². The largest absolute Gasteiger partial charge is 0.468 e. The standard InChI is InChI=1S/C22H17N5O2S2/c1-29-15(28)10-30-22-26-25-20-19-18(23-11-27(20)22)16-13-8-5-9-14(13)17(24-21(16)31-19)12-6-3-2-4-7-12/h2-4,6-7,11H,5,8-10H2,1H3. The first-order valence-electron chi connectivity index (χ1n) is 9.97. The summed E-state index contributed by atoms with van der Waals surface area (Å²) >= 11 is 2.90. The minimum absolute atomic E-state index is 0.178. The number of aryl methyl sites for hydroxylation is 1. The van der Waals surface area contributed by atoms with Gasteiger partial charge in [-0.2, -0.15) is 0 Å². The molecule has 0 radical (unpaired) electrons. The summed E-state index contributed by atoms with van der Waals surface area (Å²) in [5, 5.41) is 10.5. The Labute approximate surface area is 185 Å². The summed E-state index contributed by atoms with van der Waals surface area (Å²) in [6, 6.07) is 10.4. The molecule has 1 aliphatic rings. The van der Waals surface area contributed by atoms with Crippen LogP contribution < -0.4 is 0 Å². The summed E-state index contributed by atoms with van der Waals surface area (Å²) in [7, 11) is 1.38. The molecule has 4 heterocycles. The summed E-state index contributed by atoms with van der Waals surface area (Å²) < 4.78 is 7.53. The lowest BCUT2D eigenvalue weighted by atomic mass is 10.0. The Hall–Kier alpha value is -3.04.